The molecule has 11 heteroatoms. The largest absolute Gasteiger partial charge is 0.605 e. The number of hydrogen-bond donors (Lipinski definition) is 1. The van der Waals surface area contributed by atoms with E-state index in [2.05, 4.69) is 46.4 Å². The average molecular weight is 476 g/mol. The number of nitrogens with zero attached hydrogens (tertiary/aromatic N) is 1. The van der Waals surface area contributed by atoms with Crippen molar-refractivity contribution in [1.29, 1.82) is 0 Å². The third-order valence-electron chi connectivity index (χ3n) is 2.98. The minimum atomic E-state index is -2.87. The molecule has 29 heavy (non-hydrogen) atoms. The lowest BCUT2D eigenvalue weighted by Crippen LogP contribution is -2.18. The highest BCUT2D eigenvalue weighted by Crippen LogP contribution is 2.68. The van der Waals surface area contributed by atoms with Gasteiger partial charge in [-0.2, -0.15) is 9.05 Å². The summed E-state index contributed by atoms with van der Waals surface area (Å²) in [4.78, 5) is 3.37. The Hall–Kier alpha value is 0.680. The van der Waals surface area contributed by atoms with Gasteiger partial charge in [0.15, 0.2) is 0 Å². The van der Waals surface area contributed by atoms with E-state index in [0.717, 1.165) is 38.5 Å². The van der Waals surface area contributed by atoms with Crippen molar-refractivity contribution >= 4 is 24.7 Å². The summed E-state index contributed by atoms with van der Waals surface area (Å²) in [5.41, 5.74) is 0. The molecule has 0 unspecified atom stereocenters. The standard InChI is InChI=1S/C18H43N2O6P3/c1-7-13-21-27(22-14-8-2)19-29(25-17-11-5,26-18-12-6)20-28(23-15-9-3)24-16-10-4/h19H,7-18H2,1-6H3/q+2. The normalized spacial score (nSPS) is 12.0. The van der Waals surface area contributed by atoms with Gasteiger partial charge >= 0.3 is 16.2 Å². The average Bonchev–Trinajstić information content (AvgIpc) is 2.74. The van der Waals surface area contributed by atoms with Gasteiger partial charge in [0.2, 0.25) is 4.52 Å². The van der Waals surface area contributed by atoms with E-state index < -0.39 is 24.7 Å². The van der Waals surface area contributed by atoms with Gasteiger partial charge in [0.1, 0.15) is 13.2 Å². The molecule has 0 saturated heterocycles. The Kier molecular flexibility index (Phi) is 21.1. The van der Waals surface area contributed by atoms with Crippen molar-refractivity contribution in [2.24, 2.45) is 4.52 Å². The fraction of sp³-hybridized carbons (Fsp3) is 1.00. The lowest BCUT2D eigenvalue weighted by atomic mass is 10.5. The van der Waals surface area contributed by atoms with Crippen molar-refractivity contribution in [2.75, 3.05) is 39.6 Å². The van der Waals surface area contributed by atoms with Crippen molar-refractivity contribution < 1.29 is 27.1 Å². The molecule has 0 aliphatic heterocycles. The Balaban J connectivity index is 5.74. The highest BCUT2D eigenvalue weighted by atomic mass is 31.3. The van der Waals surface area contributed by atoms with Gasteiger partial charge in [-0.25, -0.2) is 0 Å². The van der Waals surface area contributed by atoms with E-state index in [1.165, 1.54) is 0 Å². The molecule has 0 aromatic heterocycles. The SMILES string of the molecule is CCCOP(N[P+](N=[P+](OCCC)OCCC)(OCCC)OCCC)OCCC. The maximum absolute atomic E-state index is 6.19. The van der Waals surface area contributed by atoms with Crippen molar-refractivity contribution in [1.82, 2.24) is 4.86 Å². The number of rotatable bonds is 21. The van der Waals surface area contributed by atoms with Crippen LogP contribution in [0.25, 0.3) is 0 Å². The van der Waals surface area contributed by atoms with Crippen LogP contribution in [0, 0.1) is 0 Å². The molecule has 0 aromatic rings. The highest BCUT2D eigenvalue weighted by molar-refractivity contribution is 7.74. The molecule has 0 radical (unpaired) electrons. The second-order valence-electron chi connectivity index (χ2n) is 6.20. The van der Waals surface area contributed by atoms with Gasteiger partial charge in [-0.3, -0.25) is 0 Å². The van der Waals surface area contributed by atoms with Gasteiger partial charge in [-0.15, -0.1) is 9.05 Å². The van der Waals surface area contributed by atoms with Gasteiger partial charge in [-0.05, 0) is 43.4 Å². The Morgan fingerprint density at radius 3 is 1.45 bits per heavy atom. The maximum atomic E-state index is 6.19. The summed E-state index contributed by atoms with van der Waals surface area (Å²) in [7, 11) is -5.75. The molecule has 0 bridgehead atoms. The number of hydrogen-bond acceptors (Lipinski definition) is 8. The third kappa shape index (κ3) is 15.2. The molecule has 0 aliphatic carbocycles. The van der Waals surface area contributed by atoms with Crippen LogP contribution in [0.15, 0.2) is 4.52 Å². The zero-order valence-corrected chi connectivity index (χ0v) is 21.9. The van der Waals surface area contributed by atoms with Crippen LogP contribution in [-0.4, -0.2) is 39.6 Å². The molecule has 0 spiro atoms. The predicted octanol–water partition coefficient (Wildman–Crippen LogP) is 7.54. The van der Waals surface area contributed by atoms with Crippen molar-refractivity contribution in [3.63, 3.8) is 0 Å². The summed E-state index contributed by atoms with van der Waals surface area (Å²) >= 11 is 0. The van der Waals surface area contributed by atoms with Crippen LogP contribution in [0.1, 0.15) is 80.1 Å². The zero-order chi connectivity index (χ0) is 21.8. The lowest BCUT2D eigenvalue weighted by molar-refractivity contribution is 0.214. The van der Waals surface area contributed by atoms with Crippen LogP contribution in [0.2, 0.25) is 0 Å². The molecule has 174 valence electrons. The third-order valence-corrected chi connectivity index (χ3v) is 8.87. The first-order valence-corrected chi connectivity index (χ1v) is 14.8. The van der Waals surface area contributed by atoms with Crippen molar-refractivity contribution in [3.05, 3.63) is 0 Å². The summed E-state index contributed by atoms with van der Waals surface area (Å²) < 4.78 is 40.8. The first kappa shape index (κ1) is 29.7. The topological polar surface area (TPSA) is 79.8 Å². The van der Waals surface area contributed by atoms with Crippen LogP contribution in [0.4, 0.5) is 0 Å². The molecule has 0 aromatic carbocycles. The minimum Gasteiger partial charge on any atom is -0.320 e. The fourth-order valence-electron chi connectivity index (χ4n) is 1.67. The Bertz CT molecular complexity index is 382. The Morgan fingerprint density at radius 2 is 1.07 bits per heavy atom. The smallest absolute Gasteiger partial charge is 0.320 e. The molecule has 0 rings (SSSR count). The minimum absolute atomic E-state index is 0.517. The van der Waals surface area contributed by atoms with Crippen LogP contribution < -0.4 is 4.86 Å². The Labute approximate surface area is 181 Å². The summed E-state index contributed by atoms with van der Waals surface area (Å²) in [5.74, 6) is 0. The van der Waals surface area contributed by atoms with Gasteiger partial charge in [-0.1, -0.05) is 41.5 Å². The molecular weight excluding hydrogens is 433 g/mol. The monoisotopic (exact) mass is 476 g/mol. The van der Waals surface area contributed by atoms with E-state index in [4.69, 9.17) is 31.7 Å². The van der Waals surface area contributed by atoms with E-state index >= 15 is 0 Å². The van der Waals surface area contributed by atoms with Gasteiger partial charge in [0, 0.05) is 0 Å². The lowest BCUT2D eigenvalue weighted by Gasteiger charge is -2.21. The predicted molar refractivity (Wildman–Crippen MR) is 124 cm³/mol. The van der Waals surface area contributed by atoms with Crippen molar-refractivity contribution in [2.45, 2.75) is 80.1 Å². The van der Waals surface area contributed by atoms with Crippen molar-refractivity contribution in [3.8, 4) is 0 Å². The quantitative estimate of drug-likeness (QED) is 0.171. The van der Waals surface area contributed by atoms with E-state index in [9.17, 15) is 0 Å². The fourth-order valence-corrected chi connectivity index (χ4v) is 7.99. The molecule has 0 saturated carbocycles. The summed E-state index contributed by atoms with van der Waals surface area (Å²) in [6.45, 7) is 15.8. The first-order chi connectivity index (χ1) is 14.1. The molecular formula is C18H43N2O6P3+2. The van der Waals surface area contributed by atoms with Crippen LogP contribution in [0.3, 0.4) is 0 Å². The van der Waals surface area contributed by atoms with E-state index in [0.29, 0.717) is 39.6 Å². The second kappa shape index (κ2) is 20.6. The zero-order valence-electron chi connectivity index (χ0n) is 19.2. The van der Waals surface area contributed by atoms with Crippen LogP contribution in [-0.2, 0) is 27.1 Å². The molecule has 8 nitrogen and oxygen atoms in total. The molecule has 1 N–H and O–H groups in total. The Morgan fingerprint density at radius 1 is 0.655 bits per heavy atom. The van der Waals surface area contributed by atoms with E-state index in [1.807, 2.05) is 0 Å². The molecule has 0 atom stereocenters. The molecule has 0 heterocycles. The molecule has 0 fully saturated rings. The van der Waals surface area contributed by atoms with E-state index in [1.54, 1.807) is 0 Å². The molecule has 0 amide bonds. The van der Waals surface area contributed by atoms with E-state index in [-0.39, 0.29) is 0 Å². The van der Waals surface area contributed by atoms with Crippen LogP contribution in [0.5, 0.6) is 0 Å². The van der Waals surface area contributed by atoms with Gasteiger partial charge < -0.3 is 9.05 Å². The first-order valence-electron chi connectivity index (χ1n) is 10.9. The second-order valence-corrected chi connectivity index (χ2v) is 11.3. The maximum Gasteiger partial charge on any atom is 0.605 e. The molecule has 0 aliphatic rings. The summed E-state index contributed by atoms with van der Waals surface area (Å²) in [6, 6.07) is 0. The van der Waals surface area contributed by atoms with Gasteiger partial charge in [0.25, 0.3) is 8.53 Å². The van der Waals surface area contributed by atoms with Gasteiger partial charge in [0.05, 0.1) is 26.4 Å². The highest BCUT2D eigenvalue weighted by Gasteiger charge is 2.54. The van der Waals surface area contributed by atoms with Crippen LogP contribution >= 0.6 is 24.7 Å². The number of nitrogens with one attached hydrogen (secondary N) is 1. The summed E-state index contributed by atoms with van der Waals surface area (Å²) in [6.07, 6.45) is 5.27. The summed E-state index contributed by atoms with van der Waals surface area (Å²) in [5, 5.41) is 0.